The zero-order valence-corrected chi connectivity index (χ0v) is 13.4. The first-order valence-corrected chi connectivity index (χ1v) is 7.82. The highest BCUT2D eigenvalue weighted by Crippen LogP contribution is 2.15. The van der Waals surface area contributed by atoms with Crippen molar-refractivity contribution in [2.45, 2.75) is 33.2 Å². The fraction of sp³-hybridized carbons (Fsp3) is 0.533. The smallest absolute Gasteiger partial charge is 0.254 e. The zero-order valence-electron chi connectivity index (χ0n) is 11.9. The van der Waals surface area contributed by atoms with E-state index in [2.05, 4.69) is 15.9 Å². The minimum Gasteiger partial charge on any atom is -0.494 e. The van der Waals surface area contributed by atoms with Gasteiger partial charge in [0.15, 0.2) is 0 Å². The highest BCUT2D eigenvalue weighted by Gasteiger charge is 2.18. The van der Waals surface area contributed by atoms with Gasteiger partial charge in [0.25, 0.3) is 5.91 Å². The molecular weight excluding hydrogens is 306 g/mol. The first kappa shape index (κ1) is 16.0. The van der Waals surface area contributed by atoms with Crippen molar-refractivity contribution in [3.05, 3.63) is 29.8 Å². The molecule has 106 valence electrons. The van der Waals surface area contributed by atoms with Gasteiger partial charge in [-0.25, -0.2) is 0 Å². The van der Waals surface area contributed by atoms with Crippen molar-refractivity contribution in [3.8, 4) is 5.75 Å². The van der Waals surface area contributed by atoms with Gasteiger partial charge in [-0.15, -0.1) is 0 Å². The second-order valence-corrected chi connectivity index (χ2v) is 5.39. The van der Waals surface area contributed by atoms with Crippen LogP contribution in [0.5, 0.6) is 5.75 Å². The highest BCUT2D eigenvalue weighted by molar-refractivity contribution is 9.09. The first-order chi connectivity index (χ1) is 9.10. The summed E-state index contributed by atoms with van der Waals surface area (Å²) in [6, 6.07) is 7.56. The molecule has 1 aromatic rings. The molecule has 0 saturated carbocycles. The molecule has 1 amide bonds. The Hall–Kier alpha value is -1.03. The SMILES string of the molecule is CCOc1ccc(C(=O)N(CCCBr)C(C)C)cc1. The van der Waals surface area contributed by atoms with Crippen LogP contribution in [0.4, 0.5) is 0 Å². The molecule has 0 atom stereocenters. The molecule has 1 aromatic carbocycles. The van der Waals surface area contributed by atoms with Gasteiger partial charge < -0.3 is 9.64 Å². The van der Waals surface area contributed by atoms with E-state index in [0.29, 0.717) is 12.2 Å². The topological polar surface area (TPSA) is 29.5 Å². The predicted molar refractivity (Wildman–Crippen MR) is 82.2 cm³/mol. The van der Waals surface area contributed by atoms with E-state index in [0.717, 1.165) is 24.0 Å². The molecule has 0 saturated heterocycles. The molecule has 3 nitrogen and oxygen atoms in total. The fourth-order valence-electron chi connectivity index (χ4n) is 1.85. The summed E-state index contributed by atoms with van der Waals surface area (Å²) < 4.78 is 5.38. The monoisotopic (exact) mass is 327 g/mol. The molecule has 19 heavy (non-hydrogen) atoms. The van der Waals surface area contributed by atoms with Gasteiger partial charge in [0, 0.05) is 23.5 Å². The maximum Gasteiger partial charge on any atom is 0.254 e. The first-order valence-electron chi connectivity index (χ1n) is 6.70. The van der Waals surface area contributed by atoms with Crippen LogP contribution in [0, 0.1) is 0 Å². The van der Waals surface area contributed by atoms with Crippen molar-refractivity contribution in [2.75, 3.05) is 18.5 Å². The lowest BCUT2D eigenvalue weighted by Crippen LogP contribution is -2.37. The quantitative estimate of drug-likeness (QED) is 0.714. The number of alkyl halides is 1. The molecule has 0 aliphatic heterocycles. The number of amides is 1. The number of carbonyl (C=O) groups is 1. The standard InChI is InChI=1S/C15H22BrNO2/c1-4-19-14-8-6-13(7-9-14)15(18)17(12(2)3)11-5-10-16/h6-9,12H,4-5,10-11H2,1-3H3. The largest absolute Gasteiger partial charge is 0.494 e. The molecule has 4 heteroatoms. The highest BCUT2D eigenvalue weighted by atomic mass is 79.9. The number of hydrogen-bond donors (Lipinski definition) is 0. The number of hydrogen-bond acceptors (Lipinski definition) is 2. The summed E-state index contributed by atoms with van der Waals surface area (Å²) in [6.45, 7) is 7.44. The van der Waals surface area contributed by atoms with Crippen molar-refractivity contribution in [2.24, 2.45) is 0 Å². The number of benzene rings is 1. The summed E-state index contributed by atoms with van der Waals surface area (Å²) in [7, 11) is 0. The van der Waals surface area contributed by atoms with E-state index in [-0.39, 0.29) is 11.9 Å². The molecule has 1 rings (SSSR count). The molecule has 0 radical (unpaired) electrons. The molecule has 0 spiro atoms. The van der Waals surface area contributed by atoms with Crippen LogP contribution in [0.2, 0.25) is 0 Å². The van der Waals surface area contributed by atoms with E-state index in [1.807, 2.05) is 49.9 Å². The van der Waals surface area contributed by atoms with Crippen LogP contribution in [0.1, 0.15) is 37.6 Å². The number of rotatable bonds is 7. The van der Waals surface area contributed by atoms with Crippen molar-refractivity contribution < 1.29 is 9.53 Å². The van der Waals surface area contributed by atoms with Gasteiger partial charge in [-0.3, -0.25) is 4.79 Å². The average molecular weight is 328 g/mol. The molecule has 0 aromatic heterocycles. The summed E-state index contributed by atoms with van der Waals surface area (Å²) in [6.07, 6.45) is 0.959. The van der Waals surface area contributed by atoms with Crippen LogP contribution < -0.4 is 4.74 Å². The molecule has 0 unspecified atom stereocenters. The van der Waals surface area contributed by atoms with Crippen molar-refractivity contribution in [1.29, 1.82) is 0 Å². The zero-order chi connectivity index (χ0) is 14.3. The van der Waals surface area contributed by atoms with E-state index >= 15 is 0 Å². The minimum atomic E-state index is 0.0824. The second kappa shape index (κ2) is 8.20. The lowest BCUT2D eigenvalue weighted by molar-refractivity contribution is 0.0706. The predicted octanol–water partition coefficient (Wildman–Crippen LogP) is 3.72. The lowest BCUT2D eigenvalue weighted by atomic mass is 10.1. The fourth-order valence-corrected chi connectivity index (χ4v) is 2.10. The summed E-state index contributed by atoms with van der Waals surface area (Å²) in [5.74, 6) is 0.884. The Balaban J connectivity index is 2.78. The Morgan fingerprint density at radius 1 is 1.32 bits per heavy atom. The average Bonchev–Trinajstić information content (AvgIpc) is 2.40. The molecule has 0 fully saturated rings. The molecule has 0 heterocycles. The third-order valence-electron chi connectivity index (χ3n) is 2.83. The summed E-state index contributed by atoms with van der Waals surface area (Å²) >= 11 is 3.40. The number of ether oxygens (including phenoxy) is 1. The van der Waals surface area contributed by atoms with E-state index in [1.165, 1.54) is 0 Å². The van der Waals surface area contributed by atoms with Crippen molar-refractivity contribution in [1.82, 2.24) is 4.90 Å². The lowest BCUT2D eigenvalue weighted by Gasteiger charge is -2.26. The van der Waals surface area contributed by atoms with E-state index in [9.17, 15) is 4.79 Å². The normalized spacial score (nSPS) is 10.6. The molecular formula is C15H22BrNO2. The van der Waals surface area contributed by atoms with Crippen LogP contribution in [0.25, 0.3) is 0 Å². The third kappa shape index (κ3) is 4.86. The Labute approximate surface area is 124 Å². The molecule has 0 N–H and O–H groups in total. The van der Waals surface area contributed by atoms with Crippen LogP contribution in [0.15, 0.2) is 24.3 Å². The number of nitrogens with zero attached hydrogens (tertiary/aromatic N) is 1. The maximum atomic E-state index is 12.4. The van der Waals surface area contributed by atoms with Crippen molar-refractivity contribution >= 4 is 21.8 Å². The van der Waals surface area contributed by atoms with Gasteiger partial charge in [-0.1, -0.05) is 15.9 Å². The van der Waals surface area contributed by atoms with Gasteiger partial charge in [-0.05, 0) is 51.5 Å². The Morgan fingerprint density at radius 3 is 2.42 bits per heavy atom. The number of carbonyl (C=O) groups excluding carboxylic acids is 1. The number of halogens is 1. The molecule has 0 aliphatic carbocycles. The van der Waals surface area contributed by atoms with Crippen LogP contribution in [-0.2, 0) is 0 Å². The van der Waals surface area contributed by atoms with E-state index < -0.39 is 0 Å². The van der Waals surface area contributed by atoms with Gasteiger partial charge in [0.05, 0.1) is 6.61 Å². The molecule has 0 aliphatic rings. The Kier molecular flexibility index (Phi) is 6.92. The van der Waals surface area contributed by atoms with Crippen LogP contribution >= 0.6 is 15.9 Å². The van der Waals surface area contributed by atoms with E-state index in [1.54, 1.807) is 0 Å². The summed E-state index contributed by atoms with van der Waals surface area (Å²) in [5.41, 5.74) is 0.715. The molecule has 0 bridgehead atoms. The van der Waals surface area contributed by atoms with Gasteiger partial charge in [0.2, 0.25) is 0 Å². The van der Waals surface area contributed by atoms with E-state index in [4.69, 9.17) is 4.74 Å². The van der Waals surface area contributed by atoms with Crippen LogP contribution in [0.3, 0.4) is 0 Å². The van der Waals surface area contributed by atoms with Crippen LogP contribution in [-0.4, -0.2) is 35.3 Å². The van der Waals surface area contributed by atoms with Gasteiger partial charge >= 0.3 is 0 Å². The third-order valence-corrected chi connectivity index (χ3v) is 3.39. The van der Waals surface area contributed by atoms with Gasteiger partial charge in [-0.2, -0.15) is 0 Å². The Bertz CT molecular complexity index is 390. The van der Waals surface area contributed by atoms with Gasteiger partial charge in [0.1, 0.15) is 5.75 Å². The van der Waals surface area contributed by atoms with Crippen molar-refractivity contribution in [3.63, 3.8) is 0 Å². The Morgan fingerprint density at radius 2 is 1.95 bits per heavy atom. The second-order valence-electron chi connectivity index (χ2n) is 4.59. The minimum absolute atomic E-state index is 0.0824. The summed E-state index contributed by atoms with van der Waals surface area (Å²) in [4.78, 5) is 14.3. The maximum absolute atomic E-state index is 12.4. The summed E-state index contributed by atoms with van der Waals surface area (Å²) in [5, 5.41) is 0.910.